The molecule has 0 N–H and O–H groups in total. The monoisotopic (exact) mass is 352 g/mol. The smallest absolute Gasteiger partial charge is 0.276 e. The number of hydrogen-bond acceptors (Lipinski definition) is 3. The summed E-state index contributed by atoms with van der Waals surface area (Å²) in [6.07, 6.45) is 0. The predicted octanol–water partition coefficient (Wildman–Crippen LogP) is 4.20. The molecule has 0 aliphatic rings. The van der Waals surface area contributed by atoms with Crippen LogP contribution < -0.4 is 0 Å². The molecule has 0 aliphatic carbocycles. The molecule has 0 amide bonds. The lowest BCUT2D eigenvalue weighted by molar-refractivity contribution is 0.434. The van der Waals surface area contributed by atoms with E-state index in [1.807, 2.05) is 6.92 Å². The number of benzene rings is 1. The van der Waals surface area contributed by atoms with Crippen molar-refractivity contribution in [3.8, 4) is 11.3 Å². The Balaban J connectivity index is 2.65. The molecule has 0 bridgehead atoms. The number of halogens is 3. The fourth-order valence-corrected chi connectivity index (χ4v) is 3.04. The van der Waals surface area contributed by atoms with E-state index in [1.165, 1.54) is 11.2 Å². The van der Waals surface area contributed by atoms with E-state index in [2.05, 4.69) is 5.10 Å². The molecule has 0 fully saturated rings. The van der Waals surface area contributed by atoms with Gasteiger partial charge >= 0.3 is 0 Å². The van der Waals surface area contributed by atoms with Gasteiger partial charge in [0.15, 0.2) is 0 Å². The molecule has 0 saturated heterocycles. The van der Waals surface area contributed by atoms with Crippen LogP contribution in [0.2, 0.25) is 15.1 Å². The summed E-state index contributed by atoms with van der Waals surface area (Å²) in [5.41, 5.74) is 2.46. The van der Waals surface area contributed by atoms with E-state index < -0.39 is 11.3 Å². The van der Waals surface area contributed by atoms with Crippen LogP contribution in [0.25, 0.3) is 11.3 Å². The van der Waals surface area contributed by atoms with Gasteiger partial charge in [0.2, 0.25) is 0 Å². The highest BCUT2D eigenvalue weighted by Crippen LogP contribution is 2.37. The molecule has 20 heavy (non-hydrogen) atoms. The Labute approximate surface area is 134 Å². The Hall–Kier alpha value is -0.590. The summed E-state index contributed by atoms with van der Waals surface area (Å²) in [6.45, 7) is 3.56. The van der Waals surface area contributed by atoms with Gasteiger partial charge in [-0.3, -0.25) is 4.18 Å². The Bertz CT molecular complexity index is 700. The SMILES string of the molecule is COS(=O)n1nc(-c2cc(C)c(Cl)cc2Cl)c(Cl)c1C. The van der Waals surface area contributed by atoms with Crippen LogP contribution in [-0.2, 0) is 15.4 Å². The van der Waals surface area contributed by atoms with Crippen molar-refractivity contribution in [3.63, 3.8) is 0 Å². The van der Waals surface area contributed by atoms with Crippen LogP contribution in [0.5, 0.6) is 0 Å². The van der Waals surface area contributed by atoms with Gasteiger partial charge in [0.05, 0.1) is 22.8 Å². The van der Waals surface area contributed by atoms with Crippen molar-refractivity contribution in [2.24, 2.45) is 0 Å². The molecule has 0 radical (unpaired) electrons. The van der Waals surface area contributed by atoms with Crippen molar-refractivity contribution in [2.45, 2.75) is 13.8 Å². The Kier molecular flexibility index (Phi) is 4.76. The van der Waals surface area contributed by atoms with Crippen LogP contribution in [0.3, 0.4) is 0 Å². The van der Waals surface area contributed by atoms with Crippen molar-refractivity contribution in [2.75, 3.05) is 7.11 Å². The van der Waals surface area contributed by atoms with Crippen LogP contribution in [0, 0.1) is 13.8 Å². The largest absolute Gasteiger partial charge is 0.285 e. The lowest BCUT2D eigenvalue weighted by atomic mass is 10.1. The number of aryl methyl sites for hydroxylation is 1. The molecule has 1 aromatic carbocycles. The summed E-state index contributed by atoms with van der Waals surface area (Å²) in [7, 11) is 1.32. The van der Waals surface area contributed by atoms with E-state index in [0.29, 0.717) is 32.0 Å². The average Bonchev–Trinajstić information content (AvgIpc) is 2.70. The fourth-order valence-electron chi connectivity index (χ4n) is 1.69. The van der Waals surface area contributed by atoms with E-state index in [0.717, 1.165) is 5.56 Å². The van der Waals surface area contributed by atoms with Gasteiger partial charge in [-0.15, -0.1) is 0 Å². The molecule has 2 rings (SSSR count). The quantitative estimate of drug-likeness (QED) is 0.830. The highest BCUT2D eigenvalue weighted by atomic mass is 35.5. The van der Waals surface area contributed by atoms with Gasteiger partial charge in [-0.2, -0.15) is 9.19 Å². The first kappa shape index (κ1) is 15.8. The zero-order chi connectivity index (χ0) is 15.0. The molecule has 1 heterocycles. The molecule has 108 valence electrons. The maximum atomic E-state index is 11.7. The van der Waals surface area contributed by atoms with E-state index in [4.69, 9.17) is 39.0 Å². The van der Waals surface area contributed by atoms with E-state index >= 15 is 0 Å². The summed E-state index contributed by atoms with van der Waals surface area (Å²) in [5.74, 6) is 0. The third-order valence-electron chi connectivity index (χ3n) is 2.79. The summed E-state index contributed by atoms with van der Waals surface area (Å²) in [5, 5.41) is 5.58. The second-order valence-electron chi connectivity index (χ2n) is 4.09. The van der Waals surface area contributed by atoms with Gasteiger partial charge in [0.1, 0.15) is 5.69 Å². The molecule has 1 unspecified atom stereocenters. The third kappa shape index (κ3) is 2.73. The Morgan fingerprint density at radius 3 is 2.45 bits per heavy atom. The standard InChI is InChI=1S/C12H11Cl3N2O2S/c1-6-4-8(10(14)5-9(6)13)12-11(15)7(2)17(16-12)20(18)19-3/h4-5H,1-3H3. The van der Waals surface area contributed by atoms with Crippen molar-refractivity contribution >= 4 is 46.1 Å². The van der Waals surface area contributed by atoms with Gasteiger partial charge in [0.25, 0.3) is 11.3 Å². The zero-order valence-corrected chi connectivity index (χ0v) is 14.0. The molecular weight excluding hydrogens is 343 g/mol. The van der Waals surface area contributed by atoms with E-state index in [9.17, 15) is 4.21 Å². The van der Waals surface area contributed by atoms with Gasteiger partial charge < -0.3 is 0 Å². The minimum absolute atomic E-state index is 0.374. The molecule has 0 aliphatic heterocycles. The molecule has 1 atom stereocenters. The average molecular weight is 354 g/mol. The molecule has 2 aromatic rings. The molecule has 0 spiro atoms. The van der Waals surface area contributed by atoms with Crippen molar-refractivity contribution in [1.29, 1.82) is 0 Å². The van der Waals surface area contributed by atoms with E-state index in [1.54, 1.807) is 19.1 Å². The van der Waals surface area contributed by atoms with Crippen LogP contribution in [-0.4, -0.2) is 20.5 Å². The minimum atomic E-state index is -1.73. The predicted molar refractivity (Wildman–Crippen MR) is 82.7 cm³/mol. The summed E-state index contributed by atoms with van der Waals surface area (Å²) >= 11 is 16.7. The minimum Gasteiger partial charge on any atom is -0.276 e. The normalized spacial score (nSPS) is 12.7. The van der Waals surface area contributed by atoms with Crippen LogP contribution in [0.4, 0.5) is 0 Å². The van der Waals surface area contributed by atoms with Crippen molar-refractivity contribution in [1.82, 2.24) is 9.19 Å². The molecule has 0 saturated carbocycles. The van der Waals surface area contributed by atoms with Crippen LogP contribution >= 0.6 is 34.8 Å². The molecule has 8 heteroatoms. The fraction of sp³-hybridized carbons (Fsp3) is 0.250. The number of hydrogen-bond donors (Lipinski definition) is 0. The number of nitrogens with zero attached hydrogens (tertiary/aromatic N) is 2. The van der Waals surface area contributed by atoms with Gasteiger partial charge in [-0.1, -0.05) is 34.8 Å². The summed E-state index contributed by atoms with van der Waals surface area (Å²) in [4.78, 5) is 0. The van der Waals surface area contributed by atoms with Crippen LogP contribution in [0.1, 0.15) is 11.3 Å². The molecule has 1 aromatic heterocycles. The highest BCUT2D eigenvalue weighted by molar-refractivity contribution is 7.78. The lowest BCUT2D eigenvalue weighted by Crippen LogP contribution is -2.09. The lowest BCUT2D eigenvalue weighted by Gasteiger charge is -2.05. The van der Waals surface area contributed by atoms with Gasteiger partial charge in [-0.05, 0) is 31.5 Å². The van der Waals surface area contributed by atoms with Crippen molar-refractivity contribution < 1.29 is 8.39 Å². The maximum Gasteiger partial charge on any atom is 0.285 e. The van der Waals surface area contributed by atoms with E-state index in [-0.39, 0.29) is 0 Å². The topological polar surface area (TPSA) is 44.1 Å². The zero-order valence-electron chi connectivity index (χ0n) is 10.9. The first-order chi connectivity index (χ1) is 9.36. The first-order valence-electron chi connectivity index (χ1n) is 5.54. The highest BCUT2D eigenvalue weighted by Gasteiger charge is 2.20. The van der Waals surface area contributed by atoms with Gasteiger partial charge in [-0.25, -0.2) is 4.21 Å². The summed E-state index contributed by atoms with van der Waals surface area (Å²) < 4.78 is 17.7. The van der Waals surface area contributed by atoms with Gasteiger partial charge in [0, 0.05) is 10.6 Å². The maximum absolute atomic E-state index is 11.7. The first-order valence-corrected chi connectivity index (χ1v) is 7.71. The van der Waals surface area contributed by atoms with Crippen LogP contribution in [0.15, 0.2) is 12.1 Å². The second kappa shape index (κ2) is 6.03. The Morgan fingerprint density at radius 2 is 1.85 bits per heavy atom. The Morgan fingerprint density at radius 1 is 1.20 bits per heavy atom. The van der Waals surface area contributed by atoms with Crippen molar-refractivity contribution in [3.05, 3.63) is 38.5 Å². The molecular formula is C12H11Cl3N2O2S. The summed E-state index contributed by atoms with van der Waals surface area (Å²) in [6, 6.07) is 3.42. The number of aromatic nitrogens is 2. The number of rotatable bonds is 3. The molecule has 4 nitrogen and oxygen atoms in total. The second-order valence-corrected chi connectivity index (χ2v) is 6.39. The third-order valence-corrected chi connectivity index (χ3v) is 4.89.